The highest BCUT2D eigenvalue weighted by molar-refractivity contribution is 6.22. The molecule has 0 aromatic heterocycles. The normalized spacial score (nSPS) is 21.4. The molecule has 1 saturated heterocycles. The molecular weight excluding hydrogens is 359 g/mol. The molecule has 1 aliphatic heterocycles. The predicted octanol–water partition coefficient (Wildman–Crippen LogP) is 3.92. The summed E-state index contributed by atoms with van der Waals surface area (Å²) < 4.78 is 13.0. The van der Waals surface area contributed by atoms with Crippen molar-refractivity contribution in [1.82, 2.24) is 0 Å². The molecule has 1 heterocycles. The summed E-state index contributed by atoms with van der Waals surface area (Å²) in [7, 11) is 0. The molecule has 5 nitrogen and oxygen atoms in total. The number of rotatable bonds is 3. The Kier molecular flexibility index (Phi) is 4.55. The first kappa shape index (κ1) is 18.1. The largest absolute Gasteiger partial charge is 0.322 e. The van der Waals surface area contributed by atoms with E-state index in [4.69, 9.17) is 0 Å². The zero-order valence-corrected chi connectivity index (χ0v) is 15.3. The molecule has 0 saturated carbocycles. The quantitative estimate of drug-likeness (QED) is 0.650. The zero-order chi connectivity index (χ0) is 19.8. The van der Waals surface area contributed by atoms with Crippen LogP contribution in [0.3, 0.4) is 0 Å². The molecule has 2 aliphatic rings. The number of carbonyl (C=O) groups is 3. The monoisotopic (exact) mass is 378 g/mol. The molecule has 0 bridgehead atoms. The van der Waals surface area contributed by atoms with Gasteiger partial charge in [-0.1, -0.05) is 17.7 Å². The van der Waals surface area contributed by atoms with E-state index >= 15 is 0 Å². The van der Waals surface area contributed by atoms with Crippen molar-refractivity contribution in [2.45, 2.75) is 19.8 Å². The van der Waals surface area contributed by atoms with E-state index in [0.29, 0.717) is 29.8 Å². The summed E-state index contributed by atoms with van der Waals surface area (Å²) in [5.74, 6) is -1.87. The van der Waals surface area contributed by atoms with Crippen molar-refractivity contribution in [1.29, 1.82) is 0 Å². The third-order valence-electron chi connectivity index (χ3n) is 5.29. The summed E-state index contributed by atoms with van der Waals surface area (Å²) in [6, 6.07) is 11.9. The van der Waals surface area contributed by atoms with Crippen LogP contribution in [0.2, 0.25) is 0 Å². The Hall–Kier alpha value is -3.28. The molecule has 0 unspecified atom stereocenters. The maximum atomic E-state index is 13.0. The average Bonchev–Trinajstić information content (AvgIpc) is 2.93. The lowest BCUT2D eigenvalue weighted by atomic mass is 9.82. The van der Waals surface area contributed by atoms with Crippen molar-refractivity contribution in [3.63, 3.8) is 0 Å². The lowest BCUT2D eigenvalue weighted by Gasteiger charge is -2.18. The summed E-state index contributed by atoms with van der Waals surface area (Å²) >= 11 is 0. The van der Waals surface area contributed by atoms with Gasteiger partial charge in [-0.15, -0.1) is 0 Å². The molecule has 2 aromatic rings. The Balaban J connectivity index is 1.57. The van der Waals surface area contributed by atoms with Crippen LogP contribution < -0.4 is 10.2 Å². The number of benzene rings is 2. The number of allylic oxidation sites excluding steroid dienone is 2. The van der Waals surface area contributed by atoms with Crippen LogP contribution in [0, 0.1) is 17.7 Å². The number of nitrogens with zero attached hydrogens (tertiary/aromatic N) is 1. The third kappa shape index (κ3) is 3.22. The summed E-state index contributed by atoms with van der Waals surface area (Å²) in [5, 5.41) is 2.68. The topological polar surface area (TPSA) is 66.5 Å². The van der Waals surface area contributed by atoms with Gasteiger partial charge in [0, 0.05) is 11.3 Å². The average molecular weight is 378 g/mol. The van der Waals surface area contributed by atoms with E-state index in [2.05, 4.69) is 5.32 Å². The maximum absolute atomic E-state index is 13.0. The molecule has 0 radical (unpaired) electrons. The van der Waals surface area contributed by atoms with Gasteiger partial charge >= 0.3 is 0 Å². The van der Waals surface area contributed by atoms with Gasteiger partial charge < -0.3 is 5.32 Å². The fourth-order valence-electron chi connectivity index (χ4n) is 3.81. The van der Waals surface area contributed by atoms with E-state index in [1.165, 1.54) is 35.2 Å². The van der Waals surface area contributed by atoms with E-state index in [-0.39, 0.29) is 23.7 Å². The van der Waals surface area contributed by atoms with Gasteiger partial charge in [0.2, 0.25) is 11.8 Å². The van der Waals surface area contributed by atoms with Crippen LogP contribution in [0.25, 0.3) is 0 Å². The van der Waals surface area contributed by atoms with Gasteiger partial charge in [-0.2, -0.15) is 0 Å². The second kappa shape index (κ2) is 7.03. The molecular formula is C22H19FN2O3. The number of carbonyl (C=O) groups excluding carboxylic acids is 3. The zero-order valence-electron chi connectivity index (χ0n) is 15.3. The summed E-state index contributed by atoms with van der Waals surface area (Å²) in [4.78, 5) is 39.4. The van der Waals surface area contributed by atoms with Gasteiger partial charge in [0.05, 0.1) is 17.5 Å². The summed E-state index contributed by atoms with van der Waals surface area (Å²) in [6.07, 6.45) is 3.18. The number of fused-ring (bicyclic) bond motifs is 1. The Labute approximate surface area is 161 Å². The van der Waals surface area contributed by atoms with E-state index in [0.717, 1.165) is 5.57 Å². The molecule has 142 valence electrons. The lowest BCUT2D eigenvalue weighted by Crippen LogP contribution is -2.31. The summed E-state index contributed by atoms with van der Waals surface area (Å²) in [5.41, 5.74) is 2.29. The Morgan fingerprint density at radius 2 is 1.79 bits per heavy atom. The van der Waals surface area contributed by atoms with Gasteiger partial charge in [0.1, 0.15) is 5.82 Å². The van der Waals surface area contributed by atoms with Crippen LogP contribution in [0.15, 0.2) is 60.2 Å². The first-order chi connectivity index (χ1) is 13.4. The number of anilines is 2. The van der Waals surface area contributed by atoms with E-state index in [1.54, 1.807) is 18.2 Å². The van der Waals surface area contributed by atoms with Crippen molar-refractivity contribution < 1.29 is 18.8 Å². The minimum absolute atomic E-state index is 0.210. The van der Waals surface area contributed by atoms with Gasteiger partial charge in [0.25, 0.3) is 5.91 Å². The highest BCUT2D eigenvalue weighted by atomic mass is 19.1. The number of hydrogen-bond donors (Lipinski definition) is 1. The summed E-state index contributed by atoms with van der Waals surface area (Å²) in [6.45, 7) is 1.97. The standard InChI is InChI=1S/C22H19FN2O3/c1-13-5-10-18-19(11-13)22(28)25(21(18)27)17-4-2-3-14(12-17)20(26)24-16-8-6-15(23)7-9-16/h2-9,12,18-19H,10-11H2,1H3,(H,24,26)/t18-,19-/m1/s1. The van der Waals surface area contributed by atoms with Crippen LogP contribution in [0.4, 0.5) is 15.8 Å². The highest BCUT2D eigenvalue weighted by Gasteiger charge is 2.48. The molecule has 6 heteroatoms. The number of nitrogens with one attached hydrogen (secondary N) is 1. The van der Waals surface area contributed by atoms with Crippen molar-refractivity contribution in [3.8, 4) is 0 Å². The van der Waals surface area contributed by atoms with Gasteiger partial charge in [-0.3, -0.25) is 19.3 Å². The molecule has 1 aliphatic carbocycles. The SMILES string of the molecule is CC1=CC[C@H]2C(=O)N(c3cccc(C(=O)Nc4ccc(F)cc4)c3)C(=O)[C@@H]2C1. The number of amides is 3. The highest BCUT2D eigenvalue weighted by Crippen LogP contribution is 2.39. The Bertz CT molecular complexity index is 997. The van der Waals surface area contributed by atoms with Gasteiger partial charge in [0.15, 0.2) is 0 Å². The van der Waals surface area contributed by atoms with Crippen molar-refractivity contribution >= 4 is 29.1 Å². The third-order valence-corrected chi connectivity index (χ3v) is 5.29. The Morgan fingerprint density at radius 1 is 1.07 bits per heavy atom. The number of imide groups is 1. The molecule has 1 fully saturated rings. The molecule has 28 heavy (non-hydrogen) atoms. The molecule has 3 amide bonds. The number of halogens is 1. The maximum Gasteiger partial charge on any atom is 0.255 e. The van der Waals surface area contributed by atoms with E-state index < -0.39 is 11.7 Å². The minimum atomic E-state index is -0.400. The molecule has 2 atom stereocenters. The van der Waals surface area contributed by atoms with Crippen LogP contribution in [-0.4, -0.2) is 17.7 Å². The fraction of sp³-hybridized carbons (Fsp3) is 0.227. The van der Waals surface area contributed by atoms with Crippen LogP contribution in [-0.2, 0) is 9.59 Å². The molecule has 0 spiro atoms. The van der Waals surface area contributed by atoms with Gasteiger partial charge in [-0.05, 0) is 62.2 Å². The van der Waals surface area contributed by atoms with E-state index in [1.807, 2.05) is 13.0 Å². The van der Waals surface area contributed by atoms with Crippen molar-refractivity contribution in [2.24, 2.45) is 11.8 Å². The minimum Gasteiger partial charge on any atom is -0.322 e. The number of hydrogen-bond acceptors (Lipinski definition) is 3. The first-order valence-corrected chi connectivity index (χ1v) is 9.14. The lowest BCUT2D eigenvalue weighted by molar-refractivity contribution is -0.122. The molecule has 4 rings (SSSR count). The van der Waals surface area contributed by atoms with E-state index in [9.17, 15) is 18.8 Å². The van der Waals surface area contributed by atoms with Crippen molar-refractivity contribution in [3.05, 3.63) is 71.6 Å². The smallest absolute Gasteiger partial charge is 0.255 e. The van der Waals surface area contributed by atoms with Crippen LogP contribution in [0.1, 0.15) is 30.1 Å². The second-order valence-corrected chi connectivity index (χ2v) is 7.23. The Morgan fingerprint density at radius 3 is 2.54 bits per heavy atom. The predicted molar refractivity (Wildman–Crippen MR) is 103 cm³/mol. The van der Waals surface area contributed by atoms with Crippen molar-refractivity contribution in [2.75, 3.05) is 10.2 Å². The first-order valence-electron chi connectivity index (χ1n) is 9.14. The molecule has 1 N–H and O–H groups in total. The molecule has 2 aromatic carbocycles. The fourth-order valence-corrected chi connectivity index (χ4v) is 3.81. The van der Waals surface area contributed by atoms with Crippen LogP contribution in [0.5, 0.6) is 0 Å². The second-order valence-electron chi connectivity index (χ2n) is 7.23. The van der Waals surface area contributed by atoms with Gasteiger partial charge in [-0.25, -0.2) is 4.39 Å². The van der Waals surface area contributed by atoms with Crippen LogP contribution >= 0.6 is 0 Å².